The highest BCUT2D eigenvalue weighted by Gasteiger charge is 2.12. The summed E-state index contributed by atoms with van der Waals surface area (Å²) in [5, 5.41) is 17.1. The second-order valence-corrected chi connectivity index (χ2v) is 6.11. The maximum absolute atomic E-state index is 11.7. The summed E-state index contributed by atoms with van der Waals surface area (Å²) in [7, 11) is 0. The van der Waals surface area contributed by atoms with Crippen LogP contribution in [0.5, 0.6) is 0 Å². The van der Waals surface area contributed by atoms with Crippen LogP contribution < -0.4 is 0 Å². The van der Waals surface area contributed by atoms with Gasteiger partial charge >= 0.3 is 5.97 Å². The van der Waals surface area contributed by atoms with Gasteiger partial charge in [0.2, 0.25) is 5.82 Å². The van der Waals surface area contributed by atoms with Crippen molar-refractivity contribution in [1.29, 1.82) is 0 Å². The van der Waals surface area contributed by atoms with Gasteiger partial charge in [0, 0.05) is 29.2 Å². The Morgan fingerprint density at radius 1 is 1.35 bits per heavy atom. The summed E-state index contributed by atoms with van der Waals surface area (Å²) in [6.45, 7) is 1.69. The van der Waals surface area contributed by atoms with Crippen molar-refractivity contribution in [2.75, 3.05) is 0 Å². The largest absolute Gasteiger partial charge is 0.452 e. The lowest BCUT2D eigenvalue weighted by molar-refractivity contribution is -0.384. The van der Waals surface area contributed by atoms with Crippen molar-refractivity contribution in [3.63, 3.8) is 0 Å². The number of non-ortho nitro benzene ring substituents is 1. The Morgan fingerprint density at radius 3 is 2.77 bits per heavy atom. The van der Waals surface area contributed by atoms with Crippen molar-refractivity contribution >= 4 is 29.1 Å². The molecule has 0 radical (unpaired) electrons. The molecule has 2 heterocycles. The Hall–Kier alpha value is -3.40. The molecule has 10 heteroatoms. The third-order valence-corrected chi connectivity index (χ3v) is 3.96. The van der Waals surface area contributed by atoms with Crippen molar-refractivity contribution in [2.45, 2.75) is 13.5 Å². The number of carbonyl (C=O) groups is 1. The summed E-state index contributed by atoms with van der Waals surface area (Å²) in [6, 6.07) is 5.71. The average molecular weight is 372 g/mol. The normalized spacial score (nSPS) is 11.0. The highest BCUT2D eigenvalue weighted by atomic mass is 32.1. The van der Waals surface area contributed by atoms with E-state index in [4.69, 9.17) is 9.26 Å². The topological polar surface area (TPSA) is 121 Å². The van der Waals surface area contributed by atoms with E-state index in [1.54, 1.807) is 6.08 Å². The molecule has 132 valence electrons. The van der Waals surface area contributed by atoms with E-state index < -0.39 is 10.9 Å². The third kappa shape index (κ3) is 4.36. The van der Waals surface area contributed by atoms with E-state index in [1.165, 1.54) is 41.7 Å². The first kappa shape index (κ1) is 17.4. The molecule has 1 aromatic carbocycles. The van der Waals surface area contributed by atoms with Gasteiger partial charge in [-0.05, 0) is 25.1 Å². The standard InChI is InChI=1S/C16H12N4O5S/c1-10-17-12(9-26-10)4-7-15(21)24-8-14-18-16(19-25-14)11-2-5-13(6-3-11)20(22)23/h2-7,9H,8H2,1H3/b7-4+. The number of hydrogen-bond donors (Lipinski definition) is 0. The Kier molecular flexibility index (Phi) is 5.13. The number of thiazole rings is 1. The summed E-state index contributed by atoms with van der Waals surface area (Å²) in [5.41, 5.74) is 1.20. The highest BCUT2D eigenvalue weighted by Crippen LogP contribution is 2.20. The third-order valence-electron chi connectivity index (χ3n) is 3.17. The van der Waals surface area contributed by atoms with E-state index in [2.05, 4.69) is 15.1 Å². The Bertz CT molecular complexity index is 961. The van der Waals surface area contributed by atoms with Crippen LogP contribution in [0.1, 0.15) is 16.6 Å². The SMILES string of the molecule is Cc1nc(/C=C/C(=O)OCc2nc(-c3ccc([N+](=O)[O-])cc3)no2)cs1. The van der Waals surface area contributed by atoms with Crippen LogP contribution in [0.15, 0.2) is 40.2 Å². The van der Waals surface area contributed by atoms with E-state index >= 15 is 0 Å². The van der Waals surface area contributed by atoms with Crippen LogP contribution in [0, 0.1) is 17.0 Å². The molecule has 0 spiro atoms. The number of rotatable bonds is 6. The molecule has 0 saturated heterocycles. The molecule has 0 bridgehead atoms. The fourth-order valence-electron chi connectivity index (χ4n) is 1.95. The molecule has 0 atom stereocenters. The first-order valence-electron chi connectivity index (χ1n) is 7.35. The lowest BCUT2D eigenvalue weighted by Crippen LogP contribution is -2.01. The Balaban J connectivity index is 1.57. The second kappa shape index (κ2) is 7.66. The molecule has 2 aromatic heterocycles. The predicted octanol–water partition coefficient (Wildman–Crippen LogP) is 3.17. The maximum Gasteiger partial charge on any atom is 0.331 e. The van der Waals surface area contributed by atoms with Crippen LogP contribution in [-0.2, 0) is 16.1 Å². The fraction of sp³-hybridized carbons (Fsp3) is 0.125. The van der Waals surface area contributed by atoms with Crippen molar-refractivity contribution in [3.05, 3.63) is 62.4 Å². The molecular weight excluding hydrogens is 360 g/mol. The van der Waals surface area contributed by atoms with Crippen LogP contribution in [0.25, 0.3) is 17.5 Å². The Morgan fingerprint density at radius 2 is 2.12 bits per heavy atom. The zero-order valence-electron chi connectivity index (χ0n) is 13.5. The van der Waals surface area contributed by atoms with Crippen molar-refractivity contribution in [2.24, 2.45) is 0 Å². The molecule has 9 nitrogen and oxygen atoms in total. The number of nitro benzene ring substituents is 1. The van der Waals surface area contributed by atoms with E-state index in [1.807, 2.05) is 12.3 Å². The van der Waals surface area contributed by atoms with Crippen molar-refractivity contribution in [3.8, 4) is 11.4 Å². The number of nitrogens with zero attached hydrogens (tertiary/aromatic N) is 4. The van der Waals surface area contributed by atoms with Crippen LogP contribution in [-0.4, -0.2) is 26.0 Å². The lowest BCUT2D eigenvalue weighted by atomic mass is 10.2. The first-order chi connectivity index (χ1) is 12.5. The van der Waals surface area contributed by atoms with Gasteiger partial charge in [-0.1, -0.05) is 5.16 Å². The van der Waals surface area contributed by atoms with Crippen molar-refractivity contribution in [1.82, 2.24) is 15.1 Å². The minimum Gasteiger partial charge on any atom is -0.452 e. The number of esters is 1. The zero-order chi connectivity index (χ0) is 18.5. The zero-order valence-corrected chi connectivity index (χ0v) is 14.3. The molecule has 0 N–H and O–H groups in total. The number of nitro groups is 1. The predicted molar refractivity (Wildman–Crippen MR) is 92.1 cm³/mol. The summed E-state index contributed by atoms with van der Waals surface area (Å²) in [5.74, 6) is -0.199. The molecular formula is C16H12N4O5S. The number of benzene rings is 1. The first-order valence-corrected chi connectivity index (χ1v) is 8.23. The maximum atomic E-state index is 11.7. The quantitative estimate of drug-likeness (QED) is 0.280. The minimum absolute atomic E-state index is 0.0338. The number of hydrogen-bond acceptors (Lipinski definition) is 9. The summed E-state index contributed by atoms with van der Waals surface area (Å²) >= 11 is 1.48. The van der Waals surface area contributed by atoms with Gasteiger partial charge in [0.25, 0.3) is 11.6 Å². The molecule has 26 heavy (non-hydrogen) atoms. The molecule has 3 rings (SSSR count). The Labute approximate surface area is 151 Å². The average Bonchev–Trinajstić information content (AvgIpc) is 3.27. The molecule has 0 saturated carbocycles. The minimum atomic E-state index is -0.564. The number of carbonyl (C=O) groups excluding carboxylic acids is 1. The van der Waals surface area contributed by atoms with Crippen molar-refractivity contribution < 1.29 is 19.0 Å². The monoisotopic (exact) mass is 372 g/mol. The summed E-state index contributed by atoms with van der Waals surface area (Å²) in [6.07, 6.45) is 2.82. The van der Waals surface area contributed by atoms with Crippen LogP contribution in [0.2, 0.25) is 0 Å². The van der Waals surface area contributed by atoms with E-state index in [9.17, 15) is 14.9 Å². The smallest absolute Gasteiger partial charge is 0.331 e. The number of aromatic nitrogens is 3. The van der Waals surface area contributed by atoms with Gasteiger partial charge in [-0.25, -0.2) is 9.78 Å². The van der Waals surface area contributed by atoms with Gasteiger partial charge in [0.05, 0.1) is 15.6 Å². The summed E-state index contributed by atoms with van der Waals surface area (Å²) in [4.78, 5) is 30.1. The molecule has 0 aliphatic carbocycles. The van der Waals surface area contributed by atoms with Gasteiger partial charge in [-0.2, -0.15) is 4.98 Å². The number of aryl methyl sites for hydroxylation is 1. The molecule has 0 amide bonds. The molecule has 0 aliphatic rings. The molecule has 0 unspecified atom stereocenters. The molecule has 0 aliphatic heterocycles. The van der Waals surface area contributed by atoms with Gasteiger partial charge < -0.3 is 9.26 Å². The van der Waals surface area contributed by atoms with E-state index in [0.29, 0.717) is 11.3 Å². The van der Waals surface area contributed by atoms with E-state index in [0.717, 1.165) is 5.01 Å². The van der Waals surface area contributed by atoms with Crippen LogP contribution >= 0.6 is 11.3 Å². The molecule has 3 aromatic rings. The highest BCUT2D eigenvalue weighted by molar-refractivity contribution is 7.09. The van der Waals surface area contributed by atoms with E-state index in [-0.39, 0.29) is 24.0 Å². The van der Waals surface area contributed by atoms with Gasteiger partial charge in [-0.3, -0.25) is 10.1 Å². The van der Waals surface area contributed by atoms with Gasteiger partial charge in [0.15, 0.2) is 6.61 Å². The van der Waals surface area contributed by atoms with Crippen LogP contribution in [0.4, 0.5) is 5.69 Å². The fourth-order valence-corrected chi connectivity index (χ4v) is 2.53. The van der Waals surface area contributed by atoms with Gasteiger partial charge in [-0.15, -0.1) is 11.3 Å². The molecule has 0 fully saturated rings. The lowest BCUT2D eigenvalue weighted by Gasteiger charge is -1.96. The second-order valence-electron chi connectivity index (χ2n) is 5.05. The summed E-state index contributed by atoms with van der Waals surface area (Å²) < 4.78 is 10.0. The van der Waals surface area contributed by atoms with Crippen LogP contribution in [0.3, 0.4) is 0 Å². The number of ether oxygens (including phenoxy) is 1. The van der Waals surface area contributed by atoms with Gasteiger partial charge in [0.1, 0.15) is 0 Å².